The maximum absolute atomic E-state index is 12.5. The quantitative estimate of drug-likeness (QED) is 0.656. The average Bonchev–Trinajstić information content (AvgIpc) is 2.98. The number of nitro benzene ring substituents is 1. The summed E-state index contributed by atoms with van der Waals surface area (Å²) in [7, 11) is 0. The molecule has 1 aromatic rings. The topological polar surface area (TPSA) is 75.5 Å². The summed E-state index contributed by atoms with van der Waals surface area (Å²) in [6, 6.07) is 4.28. The van der Waals surface area contributed by atoms with Gasteiger partial charge >= 0.3 is 0 Å². The molecule has 0 bridgehead atoms. The lowest BCUT2D eigenvalue weighted by Gasteiger charge is -2.18. The minimum absolute atomic E-state index is 0.0177. The van der Waals surface area contributed by atoms with Crippen LogP contribution in [0.15, 0.2) is 22.7 Å². The van der Waals surface area contributed by atoms with Crippen molar-refractivity contribution in [2.45, 2.75) is 0 Å². The summed E-state index contributed by atoms with van der Waals surface area (Å²) in [5.74, 6) is 1.02. The van der Waals surface area contributed by atoms with E-state index in [0.717, 1.165) is 26.2 Å². The number of carbonyl (C=O) groups excluding carboxylic acids is 1. The number of nitro groups is 1. The zero-order chi connectivity index (χ0) is 14.3. The highest BCUT2D eigenvalue weighted by Crippen LogP contribution is 2.30. The normalized spacial score (nSPS) is 24.8. The Kier molecular flexibility index (Phi) is 3.47. The minimum Gasteiger partial charge on any atom is -0.338 e. The zero-order valence-corrected chi connectivity index (χ0v) is 12.3. The van der Waals surface area contributed by atoms with Crippen molar-refractivity contribution in [2.24, 2.45) is 11.8 Å². The van der Waals surface area contributed by atoms with E-state index in [1.165, 1.54) is 18.2 Å². The molecule has 3 rings (SSSR count). The molecule has 2 atom stereocenters. The lowest BCUT2D eigenvalue weighted by atomic mass is 10.0. The molecule has 7 heteroatoms. The van der Waals surface area contributed by atoms with Crippen molar-refractivity contribution in [1.29, 1.82) is 0 Å². The Bertz CT molecular complexity index is 566. The van der Waals surface area contributed by atoms with E-state index in [1.54, 1.807) is 0 Å². The Morgan fingerprint density at radius 3 is 2.55 bits per heavy atom. The van der Waals surface area contributed by atoms with Gasteiger partial charge in [-0.05, 0) is 33.8 Å². The van der Waals surface area contributed by atoms with Crippen molar-refractivity contribution >= 4 is 27.5 Å². The fraction of sp³-hybridized carbons (Fsp3) is 0.462. The smallest absolute Gasteiger partial charge is 0.270 e. The molecule has 2 fully saturated rings. The molecule has 0 spiro atoms. The predicted octanol–water partition coefficient (Wildman–Crippen LogP) is 1.65. The van der Waals surface area contributed by atoms with Gasteiger partial charge in [-0.15, -0.1) is 0 Å². The number of rotatable bonds is 2. The molecule has 0 aromatic heterocycles. The van der Waals surface area contributed by atoms with Crippen LogP contribution >= 0.6 is 15.9 Å². The molecular weight excluding hydrogens is 326 g/mol. The van der Waals surface area contributed by atoms with E-state index in [-0.39, 0.29) is 11.6 Å². The van der Waals surface area contributed by atoms with Crippen LogP contribution in [-0.4, -0.2) is 41.9 Å². The number of halogens is 1. The molecule has 2 aliphatic rings. The second kappa shape index (κ2) is 5.14. The van der Waals surface area contributed by atoms with Gasteiger partial charge in [0.2, 0.25) is 0 Å². The molecule has 6 nitrogen and oxygen atoms in total. The van der Waals surface area contributed by atoms with Crippen molar-refractivity contribution in [3.05, 3.63) is 38.3 Å². The van der Waals surface area contributed by atoms with E-state index < -0.39 is 4.92 Å². The summed E-state index contributed by atoms with van der Waals surface area (Å²) in [6.07, 6.45) is 0. The number of hydrogen-bond acceptors (Lipinski definition) is 4. The minimum atomic E-state index is -0.467. The number of benzene rings is 1. The fourth-order valence-electron chi connectivity index (χ4n) is 2.98. The second-order valence-corrected chi connectivity index (χ2v) is 6.16. The van der Waals surface area contributed by atoms with E-state index in [0.29, 0.717) is 21.9 Å². The predicted molar refractivity (Wildman–Crippen MR) is 76.5 cm³/mol. The van der Waals surface area contributed by atoms with Crippen LogP contribution in [0.25, 0.3) is 0 Å². The van der Waals surface area contributed by atoms with Crippen LogP contribution < -0.4 is 5.32 Å². The lowest BCUT2D eigenvalue weighted by molar-refractivity contribution is -0.384. The Labute approximate surface area is 124 Å². The summed E-state index contributed by atoms with van der Waals surface area (Å²) < 4.78 is 0.479. The van der Waals surface area contributed by atoms with E-state index in [9.17, 15) is 14.9 Å². The van der Waals surface area contributed by atoms with Gasteiger partial charge < -0.3 is 10.2 Å². The first-order valence-corrected chi connectivity index (χ1v) is 7.29. The number of non-ortho nitro benzene ring substituents is 1. The van der Waals surface area contributed by atoms with Crippen LogP contribution in [0.3, 0.4) is 0 Å². The van der Waals surface area contributed by atoms with E-state index in [2.05, 4.69) is 21.2 Å². The summed E-state index contributed by atoms with van der Waals surface area (Å²) >= 11 is 3.26. The third-order valence-corrected chi connectivity index (χ3v) is 4.73. The van der Waals surface area contributed by atoms with Crippen LogP contribution in [0.1, 0.15) is 10.4 Å². The van der Waals surface area contributed by atoms with Crippen molar-refractivity contribution in [3.8, 4) is 0 Å². The molecule has 2 heterocycles. The van der Waals surface area contributed by atoms with Gasteiger partial charge in [-0.1, -0.05) is 0 Å². The molecule has 1 N–H and O–H groups in total. The van der Waals surface area contributed by atoms with Crippen molar-refractivity contribution in [3.63, 3.8) is 0 Å². The van der Waals surface area contributed by atoms with E-state index >= 15 is 0 Å². The Morgan fingerprint density at radius 2 is 2.00 bits per heavy atom. The molecule has 20 heavy (non-hydrogen) atoms. The Balaban J connectivity index is 1.79. The fourth-order valence-corrected chi connectivity index (χ4v) is 3.52. The van der Waals surface area contributed by atoms with Gasteiger partial charge in [0.05, 0.1) is 10.5 Å². The Morgan fingerprint density at radius 1 is 1.35 bits per heavy atom. The average molecular weight is 340 g/mol. The first-order valence-electron chi connectivity index (χ1n) is 6.50. The number of nitrogens with zero attached hydrogens (tertiary/aromatic N) is 2. The molecule has 0 aliphatic carbocycles. The second-order valence-electron chi connectivity index (χ2n) is 5.31. The number of likely N-dealkylation sites (tertiary alicyclic amines) is 1. The summed E-state index contributed by atoms with van der Waals surface area (Å²) in [4.78, 5) is 24.6. The van der Waals surface area contributed by atoms with Crippen LogP contribution in [0, 0.1) is 22.0 Å². The maximum atomic E-state index is 12.5. The summed E-state index contributed by atoms with van der Waals surface area (Å²) in [5, 5.41) is 14.0. The number of hydrogen-bond donors (Lipinski definition) is 1. The van der Waals surface area contributed by atoms with Crippen LogP contribution in [0.4, 0.5) is 5.69 Å². The molecule has 1 aromatic carbocycles. The molecule has 0 radical (unpaired) electrons. The molecule has 1 amide bonds. The van der Waals surface area contributed by atoms with Crippen LogP contribution in [0.2, 0.25) is 0 Å². The van der Waals surface area contributed by atoms with Gasteiger partial charge in [0.25, 0.3) is 11.6 Å². The summed E-state index contributed by atoms with van der Waals surface area (Å²) in [6.45, 7) is 3.46. The largest absolute Gasteiger partial charge is 0.338 e. The molecule has 106 valence electrons. The highest BCUT2D eigenvalue weighted by Gasteiger charge is 2.38. The molecule has 2 aliphatic heterocycles. The van der Waals surface area contributed by atoms with Crippen LogP contribution in [0.5, 0.6) is 0 Å². The maximum Gasteiger partial charge on any atom is 0.270 e. The third kappa shape index (κ3) is 2.31. The number of fused-ring (bicyclic) bond motifs is 1. The number of carbonyl (C=O) groups is 1. The van der Waals surface area contributed by atoms with Gasteiger partial charge in [0.15, 0.2) is 0 Å². The van der Waals surface area contributed by atoms with Gasteiger partial charge in [-0.3, -0.25) is 14.9 Å². The lowest BCUT2D eigenvalue weighted by Crippen LogP contribution is -2.32. The highest BCUT2D eigenvalue weighted by molar-refractivity contribution is 9.10. The van der Waals surface area contributed by atoms with Crippen molar-refractivity contribution < 1.29 is 9.72 Å². The highest BCUT2D eigenvalue weighted by atomic mass is 79.9. The molecule has 0 saturated carbocycles. The third-order valence-electron chi connectivity index (χ3n) is 4.07. The van der Waals surface area contributed by atoms with Gasteiger partial charge in [0.1, 0.15) is 0 Å². The Hall–Kier alpha value is -1.47. The number of nitrogens with one attached hydrogen (secondary N) is 1. The van der Waals surface area contributed by atoms with Gasteiger partial charge in [-0.25, -0.2) is 0 Å². The monoisotopic (exact) mass is 339 g/mol. The van der Waals surface area contributed by atoms with E-state index in [4.69, 9.17) is 0 Å². The SMILES string of the molecule is O=C(c1ccc([N+](=O)[O-])cc1Br)N1C[C@H]2CNC[C@H]2C1. The first-order chi connectivity index (χ1) is 9.56. The van der Waals surface area contributed by atoms with Gasteiger partial charge in [0, 0.05) is 42.8 Å². The van der Waals surface area contributed by atoms with E-state index in [1.807, 2.05) is 4.90 Å². The standard InChI is InChI=1S/C13H14BrN3O3/c14-12-3-10(17(19)20)1-2-11(12)13(18)16-6-8-4-15-5-9(8)7-16/h1-3,8-9,15H,4-7H2/t8-,9+. The molecule has 2 saturated heterocycles. The molecular formula is C13H14BrN3O3. The van der Waals surface area contributed by atoms with Crippen molar-refractivity contribution in [2.75, 3.05) is 26.2 Å². The van der Waals surface area contributed by atoms with Gasteiger partial charge in [-0.2, -0.15) is 0 Å². The molecule has 0 unspecified atom stereocenters. The van der Waals surface area contributed by atoms with Crippen molar-refractivity contribution in [1.82, 2.24) is 10.2 Å². The number of amides is 1. The summed E-state index contributed by atoms with van der Waals surface area (Å²) in [5.41, 5.74) is 0.472. The van der Waals surface area contributed by atoms with Crippen LogP contribution in [-0.2, 0) is 0 Å². The first kappa shape index (κ1) is 13.5. The zero-order valence-electron chi connectivity index (χ0n) is 10.7.